The van der Waals surface area contributed by atoms with Gasteiger partial charge in [-0.25, -0.2) is 9.78 Å². The van der Waals surface area contributed by atoms with Gasteiger partial charge in [0.2, 0.25) is 0 Å². The first kappa shape index (κ1) is 19.8. The van der Waals surface area contributed by atoms with Crippen molar-refractivity contribution in [2.75, 3.05) is 5.32 Å². The monoisotopic (exact) mass is 410 g/mol. The molecule has 3 heterocycles. The van der Waals surface area contributed by atoms with Crippen LogP contribution >= 0.6 is 0 Å². The Morgan fingerprint density at radius 1 is 1.23 bits per heavy atom. The SMILES string of the molecule is Cc1cc(NC(=O)[C@H](C)OC(=O)c2ccc3c(=O)n4c(nc3c2)CCCCC4)no1. The summed E-state index contributed by atoms with van der Waals surface area (Å²) in [6.45, 7) is 3.83. The van der Waals surface area contributed by atoms with Gasteiger partial charge >= 0.3 is 5.97 Å². The van der Waals surface area contributed by atoms with E-state index in [2.05, 4.69) is 15.5 Å². The highest BCUT2D eigenvalue weighted by atomic mass is 16.5. The van der Waals surface area contributed by atoms with Crippen molar-refractivity contribution in [3.05, 3.63) is 51.8 Å². The largest absolute Gasteiger partial charge is 0.449 e. The van der Waals surface area contributed by atoms with E-state index >= 15 is 0 Å². The van der Waals surface area contributed by atoms with Crippen molar-refractivity contribution in [3.63, 3.8) is 0 Å². The molecule has 2 aromatic heterocycles. The topological polar surface area (TPSA) is 116 Å². The second-order valence-corrected chi connectivity index (χ2v) is 7.39. The number of carbonyl (C=O) groups is 2. The molecule has 0 saturated carbocycles. The Kier molecular flexibility index (Phi) is 5.35. The number of fused-ring (bicyclic) bond motifs is 2. The molecule has 30 heavy (non-hydrogen) atoms. The Hall–Kier alpha value is -3.49. The van der Waals surface area contributed by atoms with Gasteiger partial charge in [-0.05, 0) is 44.9 Å². The molecule has 0 spiro atoms. The predicted molar refractivity (Wildman–Crippen MR) is 108 cm³/mol. The fraction of sp³-hybridized carbons (Fsp3) is 0.381. The molecule has 1 aliphatic heterocycles. The number of amides is 1. The molecule has 0 saturated heterocycles. The number of ether oxygens (including phenoxy) is 1. The first-order valence-electron chi connectivity index (χ1n) is 9.91. The van der Waals surface area contributed by atoms with Crippen LogP contribution in [0, 0.1) is 6.92 Å². The number of nitrogens with zero attached hydrogens (tertiary/aromatic N) is 3. The Labute approximate surface area is 172 Å². The minimum Gasteiger partial charge on any atom is -0.449 e. The van der Waals surface area contributed by atoms with Crippen molar-refractivity contribution in [1.29, 1.82) is 0 Å². The summed E-state index contributed by atoms with van der Waals surface area (Å²) in [5.41, 5.74) is 0.593. The lowest BCUT2D eigenvalue weighted by molar-refractivity contribution is -0.123. The van der Waals surface area contributed by atoms with E-state index in [1.807, 2.05) is 0 Å². The van der Waals surface area contributed by atoms with E-state index < -0.39 is 18.0 Å². The Balaban J connectivity index is 1.53. The van der Waals surface area contributed by atoms with E-state index in [9.17, 15) is 14.4 Å². The number of benzene rings is 1. The summed E-state index contributed by atoms with van der Waals surface area (Å²) in [7, 11) is 0. The summed E-state index contributed by atoms with van der Waals surface area (Å²) in [6.07, 6.45) is 2.69. The first-order valence-corrected chi connectivity index (χ1v) is 9.91. The van der Waals surface area contributed by atoms with Crippen molar-refractivity contribution < 1.29 is 18.8 Å². The van der Waals surface area contributed by atoms with E-state index in [4.69, 9.17) is 9.26 Å². The molecule has 1 atom stereocenters. The number of hydrogen-bond acceptors (Lipinski definition) is 7. The maximum atomic E-state index is 12.8. The van der Waals surface area contributed by atoms with Crippen molar-refractivity contribution >= 4 is 28.6 Å². The quantitative estimate of drug-likeness (QED) is 0.657. The highest BCUT2D eigenvalue weighted by Crippen LogP contribution is 2.17. The predicted octanol–water partition coefficient (Wildman–Crippen LogP) is 2.60. The number of nitrogens with one attached hydrogen (secondary N) is 1. The number of aromatic nitrogens is 3. The summed E-state index contributed by atoms with van der Waals surface area (Å²) in [5, 5.41) is 6.65. The molecule has 9 heteroatoms. The standard InChI is InChI=1S/C21H22N4O5/c1-12-10-17(24-30-12)23-19(26)13(2)29-21(28)14-7-8-15-16(11-14)22-18-6-4-3-5-9-25(18)20(15)27/h7-8,10-11,13H,3-6,9H2,1-2H3,(H,23,24,26)/t13-/m0/s1. The van der Waals surface area contributed by atoms with E-state index in [-0.39, 0.29) is 16.9 Å². The minimum absolute atomic E-state index is 0.0903. The molecule has 4 rings (SSSR count). The number of carbonyl (C=O) groups excluding carboxylic acids is 2. The molecular weight excluding hydrogens is 388 g/mol. The fourth-order valence-corrected chi connectivity index (χ4v) is 3.48. The summed E-state index contributed by atoms with van der Waals surface area (Å²) in [4.78, 5) is 42.2. The fourth-order valence-electron chi connectivity index (χ4n) is 3.48. The second-order valence-electron chi connectivity index (χ2n) is 7.39. The molecule has 3 aromatic rings. The summed E-state index contributed by atoms with van der Waals surface area (Å²) < 4.78 is 11.9. The van der Waals surface area contributed by atoms with Crippen LogP contribution < -0.4 is 10.9 Å². The zero-order valence-corrected chi connectivity index (χ0v) is 16.8. The van der Waals surface area contributed by atoms with Crippen LogP contribution in [-0.4, -0.2) is 32.7 Å². The summed E-state index contributed by atoms with van der Waals surface area (Å²) in [6, 6.07) is 6.20. The first-order chi connectivity index (χ1) is 14.4. The lowest BCUT2D eigenvalue weighted by Gasteiger charge is -2.13. The number of esters is 1. The number of aryl methyl sites for hydroxylation is 2. The van der Waals surface area contributed by atoms with Gasteiger partial charge in [-0.15, -0.1) is 0 Å². The average molecular weight is 410 g/mol. The molecule has 0 unspecified atom stereocenters. The Morgan fingerprint density at radius 3 is 2.83 bits per heavy atom. The van der Waals surface area contributed by atoms with Gasteiger partial charge < -0.3 is 14.6 Å². The number of rotatable bonds is 4. The molecule has 1 aromatic carbocycles. The van der Waals surface area contributed by atoms with E-state index in [1.54, 1.807) is 23.6 Å². The molecule has 1 amide bonds. The van der Waals surface area contributed by atoms with Gasteiger partial charge in [0.25, 0.3) is 11.5 Å². The van der Waals surface area contributed by atoms with Crippen LogP contribution in [0.4, 0.5) is 5.82 Å². The highest BCUT2D eigenvalue weighted by Gasteiger charge is 2.21. The molecule has 0 radical (unpaired) electrons. The van der Waals surface area contributed by atoms with Crippen molar-refractivity contribution in [1.82, 2.24) is 14.7 Å². The molecule has 1 N–H and O–H groups in total. The maximum absolute atomic E-state index is 12.8. The van der Waals surface area contributed by atoms with Gasteiger partial charge in [-0.1, -0.05) is 11.6 Å². The lowest BCUT2D eigenvalue weighted by Crippen LogP contribution is -2.30. The third kappa shape index (κ3) is 3.96. The zero-order valence-electron chi connectivity index (χ0n) is 16.8. The van der Waals surface area contributed by atoms with Crippen molar-refractivity contribution in [3.8, 4) is 0 Å². The molecule has 156 valence electrons. The van der Waals surface area contributed by atoms with Crippen LogP contribution in [0.3, 0.4) is 0 Å². The lowest BCUT2D eigenvalue weighted by atomic mass is 10.1. The van der Waals surface area contributed by atoms with Crippen molar-refractivity contribution in [2.24, 2.45) is 0 Å². The van der Waals surface area contributed by atoms with Gasteiger partial charge in [0.05, 0.1) is 16.5 Å². The third-order valence-corrected chi connectivity index (χ3v) is 5.08. The minimum atomic E-state index is -1.05. The highest BCUT2D eigenvalue weighted by molar-refractivity contribution is 5.98. The third-order valence-electron chi connectivity index (χ3n) is 5.08. The van der Waals surface area contributed by atoms with Gasteiger partial charge in [-0.3, -0.25) is 14.2 Å². The van der Waals surface area contributed by atoms with Gasteiger partial charge in [0.15, 0.2) is 11.9 Å². The smallest absolute Gasteiger partial charge is 0.338 e. The van der Waals surface area contributed by atoms with Crippen LogP contribution in [0.2, 0.25) is 0 Å². The number of hydrogen-bond donors (Lipinski definition) is 1. The van der Waals surface area contributed by atoms with Crippen LogP contribution in [-0.2, 0) is 22.5 Å². The second kappa shape index (κ2) is 8.10. The normalized spacial score (nSPS) is 14.6. The van der Waals surface area contributed by atoms with Gasteiger partial charge in [0, 0.05) is 19.0 Å². The molecule has 9 nitrogen and oxygen atoms in total. The molecule has 0 aliphatic carbocycles. The van der Waals surface area contributed by atoms with Crippen LogP contribution in [0.25, 0.3) is 10.9 Å². The zero-order chi connectivity index (χ0) is 21.3. The van der Waals surface area contributed by atoms with Gasteiger partial charge in [-0.2, -0.15) is 0 Å². The summed E-state index contributed by atoms with van der Waals surface area (Å²) in [5.74, 6) is 0.335. The molecular formula is C21H22N4O5. The average Bonchev–Trinajstić information content (AvgIpc) is 2.98. The van der Waals surface area contributed by atoms with Crippen LogP contribution in [0.5, 0.6) is 0 Å². The molecule has 0 bridgehead atoms. The van der Waals surface area contributed by atoms with E-state index in [0.29, 0.717) is 23.2 Å². The van der Waals surface area contributed by atoms with Crippen molar-refractivity contribution in [2.45, 2.75) is 52.2 Å². The van der Waals surface area contributed by atoms with Crippen LogP contribution in [0.15, 0.2) is 33.6 Å². The maximum Gasteiger partial charge on any atom is 0.338 e. The van der Waals surface area contributed by atoms with Gasteiger partial charge in [0.1, 0.15) is 11.6 Å². The Bertz CT molecular complexity index is 1180. The van der Waals surface area contributed by atoms with E-state index in [0.717, 1.165) is 31.5 Å². The van der Waals surface area contributed by atoms with E-state index in [1.165, 1.54) is 19.1 Å². The molecule has 1 aliphatic rings. The molecule has 0 fully saturated rings. The Morgan fingerprint density at radius 2 is 2.07 bits per heavy atom. The van der Waals surface area contributed by atoms with Crippen LogP contribution in [0.1, 0.15) is 48.1 Å². The summed E-state index contributed by atoms with van der Waals surface area (Å²) >= 11 is 0. The number of anilines is 1.